The summed E-state index contributed by atoms with van der Waals surface area (Å²) < 4.78 is 0. The first-order valence-corrected chi connectivity index (χ1v) is 4.48. The second kappa shape index (κ2) is 4.87. The third-order valence-corrected chi connectivity index (χ3v) is 1.93. The predicted octanol–water partition coefficient (Wildman–Crippen LogP) is 1.14. The number of alkyl halides is 1. The number of halogens is 1. The molecule has 13 heavy (non-hydrogen) atoms. The molecule has 1 amide bonds. The molecule has 0 fully saturated rings. The largest absolute Gasteiger partial charge is 0.313 e. The summed E-state index contributed by atoms with van der Waals surface area (Å²) in [6.07, 6.45) is 1.88. The molecule has 0 saturated heterocycles. The van der Waals surface area contributed by atoms with Crippen LogP contribution in [0.25, 0.3) is 0 Å². The Morgan fingerprint density at radius 2 is 2.46 bits per heavy atom. The van der Waals surface area contributed by atoms with Gasteiger partial charge in [-0.3, -0.25) is 9.89 Å². The Bertz CT molecular complexity index is 285. The van der Waals surface area contributed by atoms with Gasteiger partial charge in [0, 0.05) is 11.4 Å². The molecule has 0 spiro atoms. The zero-order valence-corrected chi connectivity index (χ0v) is 7.90. The maximum atomic E-state index is 10.2. The van der Waals surface area contributed by atoms with E-state index in [-0.39, 0.29) is 0 Å². The number of rotatable bonds is 5. The van der Waals surface area contributed by atoms with Crippen molar-refractivity contribution in [2.24, 2.45) is 0 Å². The number of amides is 1. The van der Waals surface area contributed by atoms with Crippen molar-refractivity contribution >= 4 is 23.8 Å². The van der Waals surface area contributed by atoms with Gasteiger partial charge >= 0.3 is 0 Å². The number of aromatic amines is 1. The van der Waals surface area contributed by atoms with Crippen LogP contribution >= 0.6 is 11.6 Å². The normalized spacial score (nSPS) is 10.0. The fourth-order valence-electron chi connectivity index (χ4n) is 1.15. The third kappa shape index (κ3) is 2.21. The molecule has 0 saturated carbocycles. The number of hydrogen-bond acceptors (Lipinski definition) is 2. The second-order valence-corrected chi connectivity index (χ2v) is 2.85. The monoisotopic (exact) mass is 200 g/mol. The van der Waals surface area contributed by atoms with E-state index in [1.165, 1.54) is 0 Å². The minimum Gasteiger partial charge on any atom is -0.313 e. The fourth-order valence-corrected chi connectivity index (χ4v) is 1.34. The van der Waals surface area contributed by atoms with E-state index in [1.807, 2.05) is 0 Å². The van der Waals surface area contributed by atoms with E-state index in [1.54, 1.807) is 0 Å². The van der Waals surface area contributed by atoms with Crippen LogP contribution in [-0.4, -0.2) is 22.5 Å². The van der Waals surface area contributed by atoms with E-state index in [9.17, 15) is 4.79 Å². The topological polar surface area (TPSA) is 57.8 Å². The zero-order valence-electron chi connectivity index (χ0n) is 7.14. The van der Waals surface area contributed by atoms with Crippen LogP contribution in [0, 0.1) is 6.92 Å². The molecule has 0 aliphatic rings. The quantitative estimate of drug-likeness (QED) is 0.553. The molecule has 0 aromatic carbocycles. The molecule has 1 radical (unpaired) electrons. The van der Waals surface area contributed by atoms with Crippen molar-refractivity contribution in [1.29, 1.82) is 0 Å². The van der Waals surface area contributed by atoms with Gasteiger partial charge in [0.15, 0.2) is 0 Å². The molecule has 2 N–H and O–H groups in total. The number of carbonyl (C=O) groups is 1. The Hall–Kier alpha value is -1.03. The van der Waals surface area contributed by atoms with Crippen molar-refractivity contribution in [3.63, 3.8) is 0 Å². The summed E-state index contributed by atoms with van der Waals surface area (Å²) in [5.74, 6) is 1.12. The Balaban J connectivity index is 2.91. The highest BCUT2D eigenvalue weighted by Crippen LogP contribution is 2.17. The zero-order chi connectivity index (χ0) is 9.68. The Labute approximate surface area is 81.7 Å². The number of nitrogens with zero attached hydrogens (tertiary/aromatic N) is 1. The SMILES string of the molecule is [CH2]Cc1n[nH]c(NC=O)c1CCCl. The van der Waals surface area contributed by atoms with Crippen molar-refractivity contribution in [3.05, 3.63) is 18.2 Å². The molecule has 4 nitrogen and oxygen atoms in total. The number of H-pyrrole nitrogens is 1. The lowest BCUT2D eigenvalue weighted by atomic mass is 10.1. The lowest BCUT2D eigenvalue weighted by Gasteiger charge is -2.00. The van der Waals surface area contributed by atoms with Crippen molar-refractivity contribution < 1.29 is 4.79 Å². The van der Waals surface area contributed by atoms with Gasteiger partial charge in [-0.25, -0.2) is 0 Å². The molecule has 0 atom stereocenters. The molecule has 0 bridgehead atoms. The van der Waals surface area contributed by atoms with Crippen LogP contribution in [0.15, 0.2) is 0 Å². The summed E-state index contributed by atoms with van der Waals surface area (Å²) >= 11 is 5.62. The average Bonchev–Trinajstić information content (AvgIpc) is 2.50. The smallest absolute Gasteiger partial charge is 0.212 e. The summed E-state index contributed by atoms with van der Waals surface area (Å²) in [7, 11) is 0. The van der Waals surface area contributed by atoms with Gasteiger partial charge in [0.2, 0.25) is 6.41 Å². The van der Waals surface area contributed by atoms with Gasteiger partial charge < -0.3 is 5.32 Å². The molecule has 0 unspecified atom stereocenters. The second-order valence-electron chi connectivity index (χ2n) is 2.48. The summed E-state index contributed by atoms with van der Waals surface area (Å²) in [6, 6.07) is 0. The van der Waals surface area contributed by atoms with Crippen LogP contribution in [0.1, 0.15) is 11.3 Å². The van der Waals surface area contributed by atoms with Gasteiger partial charge in [0.05, 0.1) is 5.69 Å². The van der Waals surface area contributed by atoms with Crippen LogP contribution in [-0.2, 0) is 17.6 Å². The first-order chi connectivity index (χ1) is 6.33. The van der Waals surface area contributed by atoms with Gasteiger partial charge in [-0.1, -0.05) is 0 Å². The molecular formula is C8H11ClN3O. The summed E-state index contributed by atoms with van der Waals surface area (Å²) in [5, 5.41) is 9.25. The van der Waals surface area contributed by atoms with Crippen LogP contribution in [0.3, 0.4) is 0 Å². The Kier molecular flexibility index (Phi) is 3.76. The van der Waals surface area contributed by atoms with Gasteiger partial charge in [0.25, 0.3) is 0 Å². The fraction of sp³-hybridized carbons (Fsp3) is 0.375. The Morgan fingerprint density at radius 3 is 3.00 bits per heavy atom. The summed E-state index contributed by atoms with van der Waals surface area (Å²) in [6.45, 7) is 3.73. The van der Waals surface area contributed by atoms with Gasteiger partial charge in [-0.05, 0) is 19.8 Å². The molecule has 71 valence electrons. The molecule has 5 heteroatoms. The van der Waals surface area contributed by atoms with Crippen molar-refractivity contribution in [1.82, 2.24) is 10.2 Å². The number of nitrogens with one attached hydrogen (secondary N) is 2. The summed E-state index contributed by atoms with van der Waals surface area (Å²) in [4.78, 5) is 10.2. The van der Waals surface area contributed by atoms with Crippen LogP contribution in [0.2, 0.25) is 0 Å². The molecule has 0 aliphatic carbocycles. The highest BCUT2D eigenvalue weighted by molar-refractivity contribution is 6.18. The van der Waals surface area contributed by atoms with Crippen molar-refractivity contribution in [3.8, 4) is 0 Å². The number of hydrogen-bond donors (Lipinski definition) is 2. The first-order valence-electron chi connectivity index (χ1n) is 3.95. The van der Waals surface area contributed by atoms with Crippen molar-refractivity contribution in [2.45, 2.75) is 12.8 Å². The molecule has 1 aromatic rings. The number of anilines is 1. The molecule has 0 aliphatic heterocycles. The molecule has 1 aromatic heterocycles. The van der Waals surface area contributed by atoms with Crippen LogP contribution in [0.4, 0.5) is 5.82 Å². The molecular weight excluding hydrogens is 190 g/mol. The lowest BCUT2D eigenvalue weighted by Crippen LogP contribution is -1.99. The van der Waals surface area contributed by atoms with Gasteiger partial charge in [-0.15, -0.1) is 11.6 Å². The number of carbonyl (C=O) groups excluding carboxylic acids is 1. The molecule has 1 heterocycles. The van der Waals surface area contributed by atoms with Crippen LogP contribution in [0.5, 0.6) is 0 Å². The van der Waals surface area contributed by atoms with E-state index in [2.05, 4.69) is 22.4 Å². The van der Waals surface area contributed by atoms with E-state index in [0.29, 0.717) is 30.9 Å². The third-order valence-electron chi connectivity index (χ3n) is 1.74. The number of aromatic nitrogens is 2. The summed E-state index contributed by atoms with van der Waals surface area (Å²) in [5.41, 5.74) is 1.79. The lowest BCUT2D eigenvalue weighted by molar-refractivity contribution is -0.105. The van der Waals surface area contributed by atoms with Crippen LogP contribution < -0.4 is 5.32 Å². The highest BCUT2D eigenvalue weighted by Gasteiger charge is 2.10. The molecule has 1 rings (SSSR count). The van der Waals surface area contributed by atoms with E-state index in [0.717, 1.165) is 11.3 Å². The van der Waals surface area contributed by atoms with Gasteiger partial charge in [-0.2, -0.15) is 5.10 Å². The van der Waals surface area contributed by atoms with E-state index < -0.39 is 0 Å². The standard InChI is InChI=1S/C8H11ClN3O/c1-2-7-6(3-4-9)8(10-5-13)12-11-7/h5H,1-4H2,(H2,10,11,12,13). The van der Waals surface area contributed by atoms with E-state index in [4.69, 9.17) is 11.6 Å². The highest BCUT2D eigenvalue weighted by atomic mass is 35.5. The van der Waals surface area contributed by atoms with Gasteiger partial charge in [0.1, 0.15) is 5.82 Å². The predicted molar refractivity (Wildman–Crippen MR) is 51.8 cm³/mol. The maximum Gasteiger partial charge on any atom is 0.212 e. The average molecular weight is 201 g/mol. The minimum atomic E-state index is 0.500. The first kappa shape index (κ1) is 10.1. The minimum absolute atomic E-state index is 0.500. The Morgan fingerprint density at radius 1 is 1.69 bits per heavy atom. The van der Waals surface area contributed by atoms with E-state index >= 15 is 0 Å². The maximum absolute atomic E-state index is 10.2. The van der Waals surface area contributed by atoms with Crippen molar-refractivity contribution in [2.75, 3.05) is 11.2 Å².